The lowest BCUT2D eigenvalue weighted by molar-refractivity contribution is -0.138. The van der Waals surface area contributed by atoms with E-state index in [2.05, 4.69) is 39.4 Å². The molecule has 31 heavy (non-hydrogen) atoms. The molecule has 0 bridgehead atoms. The first-order chi connectivity index (χ1) is 15.1. The Hall–Kier alpha value is -3.68. The second-order valence-corrected chi connectivity index (χ2v) is 7.87. The molecule has 2 aromatic heterocycles. The summed E-state index contributed by atoms with van der Waals surface area (Å²) >= 11 is 0. The zero-order chi connectivity index (χ0) is 21.4. The molecular weight excluding hydrogens is 392 g/mol. The molecule has 158 valence electrons. The highest BCUT2D eigenvalue weighted by atomic mass is 16.5. The summed E-state index contributed by atoms with van der Waals surface area (Å²) in [6, 6.07) is 10.4. The van der Waals surface area contributed by atoms with E-state index >= 15 is 0 Å². The van der Waals surface area contributed by atoms with Crippen molar-refractivity contribution in [1.29, 1.82) is 0 Å². The first-order valence-corrected chi connectivity index (χ1v) is 10.5. The van der Waals surface area contributed by atoms with Crippen molar-refractivity contribution in [2.24, 2.45) is 11.7 Å². The molecule has 3 heterocycles. The normalized spacial score (nSPS) is 16.1. The monoisotopic (exact) mass is 416 g/mol. The third kappa shape index (κ3) is 3.76. The molecule has 0 unspecified atom stereocenters. The van der Waals surface area contributed by atoms with Crippen molar-refractivity contribution in [3.63, 3.8) is 0 Å². The van der Waals surface area contributed by atoms with Crippen molar-refractivity contribution in [1.82, 2.24) is 20.2 Å². The summed E-state index contributed by atoms with van der Waals surface area (Å²) in [7, 11) is 0. The van der Waals surface area contributed by atoms with Crippen LogP contribution in [-0.4, -0.2) is 32.7 Å². The molecule has 1 aromatic carbocycles. The maximum atomic E-state index is 12.4. The van der Waals surface area contributed by atoms with Crippen LogP contribution >= 0.6 is 0 Å². The van der Waals surface area contributed by atoms with E-state index in [1.54, 1.807) is 19.3 Å². The Morgan fingerprint density at radius 2 is 1.97 bits per heavy atom. The number of nitrogens with one attached hydrogen (secondary N) is 1. The topological polar surface area (TPSA) is 110 Å². The molecule has 0 spiro atoms. The lowest BCUT2D eigenvalue weighted by atomic mass is 10.1. The number of carbonyl (C=O) groups is 1. The molecular formula is C23H24N6O2. The van der Waals surface area contributed by atoms with E-state index in [0.717, 1.165) is 43.0 Å². The predicted octanol–water partition coefficient (Wildman–Crippen LogP) is 3.03. The van der Waals surface area contributed by atoms with Gasteiger partial charge in [0, 0.05) is 36.5 Å². The van der Waals surface area contributed by atoms with Crippen LogP contribution in [0.5, 0.6) is 0 Å². The quantitative estimate of drug-likeness (QED) is 0.469. The van der Waals surface area contributed by atoms with Crippen LogP contribution in [0.15, 0.2) is 48.4 Å². The van der Waals surface area contributed by atoms with Crippen molar-refractivity contribution < 1.29 is 9.53 Å². The molecule has 8 nitrogen and oxygen atoms in total. The molecule has 1 aliphatic carbocycles. The number of hydrogen-bond acceptors (Lipinski definition) is 7. The number of nitrogens with zero attached hydrogens (tertiary/aromatic N) is 4. The summed E-state index contributed by atoms with van der Waals surface area (Å²) in [4.78, 5) is 24.3. The Labute approximate surface area is 180 Å². The van der Waals surface area contributed by atoms with Crippen LogP contribution in [0.25, 0.3) is 16.8 Å². The summed E-state index contributed by atoms with van der Waals surface area (Å²) in [5, 5.41) is 6.90. The Morgan fingerprint density at radius 1 is 1.23 bits per heavy atom. The number of carbonyl (C=O) groups excluding carboxylic acids is 1. The fourth-order valence-corrected chi connectivity index (χ4v) is 3.96. The summed E-state index contributed by atoms with van der Waals surface area (Å²) in [6.07, 6.45) is 5.44. The lowest BCUT2D eigenvalue weighted by Crippen LogP contribution is -2.20. The van der Waals surface area contributed by atoms with Crippen LogP contribution in [0.2, 0.25) is 0 Å². The third-order valence-corrected chi connectivity index (χ3v) is 5.68. The van der Waals surface area contributed by atoms with Gasteiger partial charge < -0.3 is 15.4 Å². The van der Waals surface area contributed by atoms with E-state index < -0.39 is 5.97 Å². The van der Waals surface area contributed by atoms with Gasteiger partial charge >= 0.3 is 5.97 Å². The van der Waals surface area contributed by atoms with Gasteiger partial charge in [-0.05, 0) is 36.8 Å². The molecule has 8 heteroatoms. The fourth-order valence-electron chi connectivity index (χ4n) is 3.96. The number of benzene rings is 1. The van der Waals surface area contributed by atoms with E-state index in [0.29, 0.717) is 11.4 Å². The average Bonchev–Trinajstić information content (AvgIpc) is 3.28. The molecule has 0 saturated heterocycles. The minimum atomic E-state index is -0.517. The number of fused-ring (bicyclic) bond motifs is 1. The van der Waals surface area contributed by atoms with Gasteiger partial charge in [0.15, 0.2) is 5.82 Å². The highest BCUT2D eigenvalue weighted by Gasteiger charge is 2.34. The lowest BCUT2D eigenvalue weighted by Gasteiger charge is -2.19. The van der Waals surface area contributed by atoms with E-state index in [9.17, 15) is 4.79 Å². The average molecular weight is 416 g/mol. The van der Waals surface area contributed by atoms with Gasteiger partial charge in [0.1, 0.15) is 11.5 Å². The largest absolute Gasteiger partial charge is 0.461 e. The number of esters is 1. The molecule has 2 aliphatic rings. The van der Waals surface area contributed by atoms with Gasteiger partial charge in [-0.3, -0.25) is 5.10 Å². The molecule has 0 amide bonds. The molecule has 3 N–H and O–H groups in total. The van der Waals surface area contributed by atoms with Gasteiger partial charge in [0.2, 0.25) is 0 Å². The Bertz CT molecular complexity index is 1130. The van der Waals surface area contributed by atoms with Gasteiger partial charge in [0.05, 0.1) is 18.5 Å². The van der Waals surface area contributed by atoms with Crippen molar-refractivity contribution in [2.45, 2.75) is 32.9 Å². The molecule has 1 fully saturated rings. The maximum Gasteiger partial charge on any atom is 0.354 e. The number of hydrogen-bond donors (Lipinski definition) is 2. The van der Waals surface area contributed by atoms with Gasteiger partial charge in [-0.1, -0.05) is 24.3 Å². The zero-order valence-corrected chi connectivity index (χ0v) is 17.3. The van der Waals surface area contributed by atoms with E-state index in [1.165, 1.54) is 11.1 Å². The Kier molecular flexibility index (Phi) is 4.89. The van der Waals surface area contributed by atoms with Gasteiger partial charge in [-0.2, -0.15) is 5.10 Å². The standard InChI is InChI=1S/C23H24N6O2/c1-2-31-23(30)21(24)20(14-7-8-14)22-27-18(17-10-25-26-11-17)9-19(28-22)29-12-15-5-3-4-6-16(15)13-29/h3-6,9-11,14H,2,7-8,12-13,24H2,1H3,(H,25,26). The summed E-state index contributed by atoms with van der Waals surface area (Å²) in [5.74, 6) is 0.939. The SMILES string of the molecule is CCOC(=O)C(N)=C(c1nc(-c2cn[nH]c2)cc(N2Cc3ccccc3C2)n1)C1CC1. The smallest absolute Gasteiger partial charge is 0.354 e. The molecule has 0 radical (unpaired) electrons. The number of rotatable bonds is 6. The van der Waals surface area contributed by atoms with Crippen LogP contribution in [0.4, 0.5) is 5.82 Å². The maximum absolute atomic E-state index is 12.4. The number of allylic oxidation sites excluding steroid dienone is 1. The second-order valence-electron chi connectivity index (χ2n) is 7.87. The third-order valence-electron chi connectivity index (χ3n) is 5.68. The van der Waals surface area contributed by atoms with Crippen molar-refractivity contribution in [3.8, 4) is 11.3 Å². The summed E-state index contributed by atoms with van der Waals surface area (Å²) in [6.45, 7) is 3.58. The van der Waals surface area contributed by atoms with Crippen LogP contribution in [0.3, 0.4) is 0 Å². The highest BCUT2D eigenvalue weighted by Crippen LogP contribution is 2.43. The molecule has 1 saturated carbocycles. The van der Waals surface area contributed by atoms with Gasteiger partial charge in [0.25, 0.3) is 0 Å². The van der Waals surface area contributed by atoms with Crippen LogP contribution in [0, 0.1) is 5.92 Å². The Balaban J connectivity index is 1.60. The minimum Gasteiger partial charge on any atom is -0.461 e. The minimum absolute atomic E-state index is 0.101. The fraction of sp³-hybridized carbons (Fsp3) is 0.304. The van der Waals surface area contributed by atoms with Gasteiger partial charge in [-0.15, -0.1) is 0 Å². The first-order valence-electron chi connectivity index (χ1n) is 10.5. The van der Waals surface area contributed by atoms with E-state index in [4.69, 9.17) is 20.4 Å². The molecule has 3 aromatic rings. The van der Waals surface area contributed by atoms with Gasteiger partial charge in [-0.25, -0.2) is 14.8 Å². The summed E-state index contributed by atoms with van der Waals surface area (Å²) in [5.41, 5.74) is 11.2. The number of nitrogens with two attached hydrogens (primary N) is 1. The molecule has 5 rings (SSSR count). The van der Waals surface area contributed by atoms with Crippen molar-refractivity contribution in [3.05, 3.63) is 65.4 Å². The van der Waals surface area contributed by atoms with Crippen LogP contribution in [-0.2, 0) is 22.6 Å². The number of aromatic amines is 1. The Morgan fingerprint density at radius 3 is 2.58 bits per heavy atom. The number of ether oxygens (including phenoxy) is 1. The summed E-state index contributed by atoms with van der Waals surface area (Å²) < 4.78 is 5.16. The number of H-pyrrole nitrogens is 1. The zero-order valence-electron chi connectivity index (χ0n) is 17.3. The van der Waals surface area contributed by atoms with E-state index in [1.807, 2.05) is 6.07 Å². The first kappa shape index (κ1) is 19.3. The van der Waals surface area contributed by atoms with E-state index in [-0.39, 0.29) is 18.2 Å². The molecule has 1 aliphatic heterocycles. The molecule has 0 atom stereocenters. The second kappa shape index (κ2) is 7.86. The van der Waals surface area contributed by atoms with Crippen LogP contribution < -0.4 is 10.6 Å². The van der Waals surface area contributed by atoms with Crippen molar-refractivity contribution in [2.75, 3.05) is 11.5 Å². The number of aromatic nitrogens is 4. The predicted molar refractivity (Wildman–Crippen MR) is 116 cm³/mol. The van der Waals surface area contributed by atoms with Crippen molar-refractivity contribution >= 4 is 17.4 Å². The highest BCUT2D eigenvalue weighted by molar-refractivity contribution is 5.97. The van der Waals surface area contributed by atoms with Crippen LogP contribution in [0.1, 0.15) is 36.7 Å². The number of anilines is 1.